The third-order valence-electron chi connectivity index (χ3n) is 3.46. The van der Waals surface area contributed by atoms with Crippen LogP contribution >= 0.6 is 11.3 Å². The van der Waals surface area contributed by atoms with Gasteiger partial charge < -0.3 is 5.32 Å². The largest absolute Gasteiger partial charge is 0.322 e. The molecule has 0 aliphatic carbocycles. The van der Waals surface area contributed by atoms with Crippen LogP contribution in [0.25, 0.3) is 10.2 Å². The van der Waals surface area contributed by atoms with Gasteiger partial charge in [0.25, 0.3) is 5.91 Å². The summed E-state index contributed by atoms with van der Waals surface area (Å²) in [7, 11) is 0. The molecule has 1 N–H and O–H groups in total. The zero-order valence-electron chi connectivity index (χ0n) is 12.2. The highest BCUT2D eigenvalue weighted by atomic mass is 32.1. The molecule has 21 heavy (non-hydrogen) atoms. The number of aromatic nitrogens is 1. The first-order valence-corrected chi connectivity index (χ1v) is 7.52. The molecule has 1 heterocycles. The smallest absolute Gasteiger partial charge is 0.255 e. The predicted octanol–water partition coefficient (Wildman–Crippen LogP) is 4.27. The summed E-state index contributed by atoms with van der Waals surface area (Å²) in [5, 5.41) is 3.01. The molecule has 0 atom stereocenters. The van der Waals surface area contributed by atoms with E-state index in [1.54, 1.807) is 6.07 Å². The fourth-order valence-electron chi connectivity index (χ4n) is 2.52. The van der Waals surface area contributed by atoms with Crippen LogP contribution in [0.4, 0.5) is 5.69 Å². The molecule has 4 heteroatoms. The Morgan fingerprint density at radius 2 is 1.86 bits per heavy atom. The average Bonchev–Trinajstić information content (AvgIpc) is 2.89. The Labute approximate surface area is 127 Å². The van der Waals surface area contributed by atoms with E-state index in [9.17, 15) is 4.79 Å². The summed E-state index contributed by atoms with van der Waals surface area (Å²) in [6.07, 6.45) is 0. The highest BCUT2D eigenvalue weighted by molar-refractivity contribution is 7.16. The SMILES string of the molecule is Cc1cc(C)c(NC(=O)c2ccc3s[c]nc3c2)c(C)c1. The predicted molar refractivity (Wildman–Crippen MR) is 87.1 cm³/mol. The molecule has 0 aliphatic heterocycles. The summed E-state index contributed by atoms with van der Waals surface area (Å²) in [6, 6.07) is 9.68. The molecule has 1 amide bonds. The molecule has 0 aliphatic rings. The average molecular weight is 295 g/mol. The minimum absolute atomic E-state index is 0.111. The molecular formula is C17H15N2OS. The van der Waals surface area contributed by atoms with Crippen molar-refractivity contribution in [3.8, 4) is 0 Å². The second kappa shape index (κ2) is 5.30. The zero-order chi connectivity index (χ0) is 15.0. The molecule has 0 unspecified atom stereocenters. The molecular weight excluding hydrogens is 280 g/mol. The number of amides is 1. The van der Waals surface area contributed by atoms with Crippen molar-refractivity contribution in [2.24, 2.45) is 0 Å². The summed E-state index contributed by atoms with van der Waals surface area (Å²) in [4.78, 5) is 16.6. The Bertz CT molecular complexity index is 813. The summed E-state index contributed by atoms with van der Waals surface area (Å²) >= 11 is 1.45. The van der Waals surface area contributed by atoms with E-state index in [1.165, 1.54) is 16.9 Å². The van der Waals surface area contributed by atoms with Crippen molar-refractivity contribution in [3.63, 3.8) is 0 Å². The van der Waals surface area contributed by atoms with Gasteiger partial charge in [0.05, 0.1) is 10.2 Å². The van der Waals surface area contributed by atoms with Crippen LogP contribution in [0.2, 0.25) is 0 Å². The topological polar surface area (TPSA) is 42.0 Å². The van der Waals surface area contributed by atoms with Gasteiger partial charge in [-0.3, -0.25) is 4.79 Å². The number of hydrogen-bond acceptors (Lipinski definition) is 3. The highest BCUT2D eigenvalue weighted by Gasteiger charge is 2.11. The van der Waals surface area contributed by atoms with Crippen molar-refractivity contribution in [1.29, 1.82) is 0 Å². The second-order valence-electron chi connectivity index (χ2n) is 5.22. The van der Waals surface area contributed by atoms with E-state index in [1.807, 2.05) is 26.0 Å². The number of carbonyl (C=O) groups excluding carboxylic acids is 1. The van der Waals surface area contributed by atoms with E-state index in [0.717, 1.165) is 27.0 Å². The molecule has 3 aromatic rings. The molecule has 3 rings (SSSR count). The fourth-order valence-corrected chi connectivity index (χ4v) is 3.10. The molecule has 0 bridgehead atoms. The van der Waals surface area contributed by atoms with Crippen molar-refractivity contribution in [3.05, 3.63) is 58.1 Å². The van der Waals surface area contributed by atoms with Gasteiger partial charge in [-0.2, -0.15) is 0 Å². The van der Waals surface area contributed by atoms with E-state index < -0.39 is 0 Å². The van der Waals surface area contributed by atoms with Crippen molar-refractivity contribution < 1.29 is 4.79 Å². The van der Waals surface area contributed by atoms with Crippen LogP contribution in [-0.2, 0) is 0 Å². The lowest BCUT2D eigenvalue weighted by molar-refractivity contribution is 0.102. The standard InChI is InChI=1S/C17H15N2OS/c1-10-6-11(2)16(12(3)7-10)19-17(20)13-4-5-15-14(8-13)18-9-21-15/h4-8H,1-3H3,(H,19,20). The van der Waals surface area contributed by atoms with Gasteiger partial charge in [-0.15, -0.1) is 11.3 Å². The number of hydrogen-bond donors (Lipinski definition) is 1. The fraction of sp³-hybridized carbons (Fsp3) is 0.176. The Morgan fingerprint density at radius 3 is 2.57 bits per heavy atom. The number of aryl methyl sites for hydroxylation is 3. The second-order valence-corrected chi connectivity index (χ2v) is 6.04. The van der Waals surface area contributed by atoms with Crippen LogP contribution in [-0.4, -0.2) is 10.9 Å². The van der Waals surface area contributed by atoms with Crippen molar-refractivity contribution in [2.45, 2.75) is 20.8 Å². The number of rotatable bonds is 2. The van der Waals surface area contributed by atoms with Crippen LogP contribution in [0.3, 0.4) is 0 Å². The monoisotopic (exact) mass is 295 g/mol. The Balaban J connectivity index is 1.92. The number of fused-ring (bicyclic) bond motifs is 1. The first-order valence-electron chi connectivity index (χ1n) is 6.70. The summed E-state index contributed by atoms with van der Waals surface area (Å²) in [6.45, 7) is 6.07. The number of thiazole rings is 1. The molecule has 1 radical (unpaired) electrons. The molecule has 0 fully saturated rings. The Kier molecular flexibility index (Phi) is 3.47. The maximum Gasteiger partial charge on any atom is 0.255 e. The third kappa shape index (κ3) is 2.67. The number of anilines is 1. The maximum atomic E-state index is 12.4. The van der Waals surface area contributed by atoms with E-state index in [0.29, 0.717) is 5.56 Å². The van der Waals surface area contributed by atoms with Gasteiger partial charge in [0.1, 0.15) is 0 Å². The minimum Gasteiger partial charge on any atom is -0.322 e. The first-order chi connectivity index (χ1) is 10.0. The quantitative estimate of drug-likeness (QED) is 0.767. The molecule has 0 saturated heterocycles. The van der Waals surface area contributed by atoms with Gasteiger partial charge in [0.15, 0.2) is 5.51 Å². The number of nitrogens with one attached hydrogen (secondary N) is 1. The summed E-state index contributed by atoms with van der Waals surface area (Å²) < 4.78 is 1.04. The van der Waals surface area contributed by atoms with E-state index in [4.69, 9.17) is 0 Å². The van der Waals surface area contributed by atoms with E-state index in [-0.39, 0.29) is 5.91 Å². The lowest BCUT2D eigenvalue weighted by atomic mass is 10.0. The van der Waals surface area contributed by atoms with E-state index in [2.05, 4.69) is 34.9 Å². The lowest BCUT2D eigenvalue weighted by Gasteiger charge is -2.12. The highest BCUT2D eigenvalue weighted by Crippen LogP contribution is 2.24. The lowest BCUT2D eigenvalue weighted by Crippen LogP contribution is -2.13. The van der Waals surface area contributed by atoms with Gasteiger partial charge in [0, 0.05) is 11.3 Å². The van der Waals surface area contributed by atoms with Gasteiger partial charge >= 0.3 is 0 Å². The third-order valence-corrected chi connectivity index (χ3v) is 4.21. The van der Waals surface area contributed by atoms with Crippen LogP contribution in [0, 0.1) is 26.3 Å². The number of nitrogens with zero attached hydrogens (tertiary/aromatic N) is 1. The van der Waals surface area contributed by atoms with Crippen LogP contribution < -0.4 is 5.32 Å². The van der Waals surface area contributed by atoms with Gasteiger partial charge in [0.2, 0.25) is 0 Å². The molecule has 1 aromatic heterocycles. The van der Waals surface area contributed by atoms with Crippen molar-refractivity contribution in [1.82, 2.24) is 4.98 Å². The maximum absolute atomic E-state index is 12.4. The van der Waals surface area contributed by atoms with Gasteiger partial charge in [-0.05, 0) is 50.1 Å². The molecule has 3 nitrogen and oxygen atoms in total. The molecule has 2 aromatic carbocycles. The van der Waals surface area contributed by atoms with Gasteiger partial charge in [-0.25, -0.2) is 4.98 Å². The molecule has 105 valence electrons. The number of benzene rings is 2. The molecule has 0 saturated carbocycles. The van der Waals surface area contributed by atoms with Crippen molar-refractivity contribution >= 4 is 33.1 Å². The zero-order valence-corrected chi connectivity index (χ0v) is 13.0. The number of carbonyl (C=O) groups is 1. The van der Waals surface area contributed by atoms with Crippen LogP contribution in [0.15, 0.2) is 30.3 Å². The minimum atomic E-state index is -0.111. The summed E-state index contributed by atoms with van der Waals surface area (Å²) in [5.41, 5.74) is 8.49. The van der Waals surface area contributed by atoms with Crippen LogP contribution in [0.1, 0.15) is 27.0 Å². The summed E-state index contributed by atoms with van der Waals surface area (Å²) in [5.74, 6) is -0.111. The Hall–Kier alpha value is -2.20. The Morgan fingerprint density at radius 1 is 1.14 bits per heavy atom. The van der Waals surface area contributed by atoms with E-state index >= 15 is 0 Å². The molecule has 0 spiro atoms. The first kappa shape index (κ1) is 13.8. The normalized spacial score (nSPS) is 10.8. The van der Waals surface area contributed by atoms with Crippen molar-refractivity contribution in [2.75, 3.05) is 5.32 Å². The van der Waals surface area contributed by atoms with Crippen LogP contribution in [0.5, 0.6) is 0 Å². The van der Waals surface area contributed by atoms with Gasteiger partial charge in [-0.1, -0.05) is 17.7 Å².